The maximum atomic E-state index is 14.1. The molecule has 0 aromatic heterocycles. The average Bonchev–Trinajstić information content (AvgIpc) is 3.58. The molecule has 8 rings (SSSR count). The van der Waals surface area contributed by atoms with Crippen LogP contribution < -0.4 is 16.4 Å². The number of fused-ring (bicyclic) bond motifs is 2. The number of nitrogens with one attached hydrogen (secondary N) is 2. The molecule has 2 aliphatic heterocycles. The van der Waals surface area contributed by atoms with Gasteiger partial charge in [0, 0.05) is 22.3 Å². The van der Waals surface area contributed by atoms with Gasteiger partial charge in [-0.15, -0.1) is 0 Å². The minimum Gasteiger partial charge on any atom is -0.481 e. The molecule has 2 aliphatic rings. The molecule has 64 heavy (non-hydrogen) atoms. The Morgan fingerprint density at radius 3 is 1.39 bits per heavy atom. The van der Waals surface area contributed by atoms with Crippen LogP contribution in [0.25, 0.3) is 0 Å². The molecule has 3 amide bonds. The molecular weight excluding hydrogens is 803 g/mol. The minimum absolute atomic E-state index is 0.0613. The fraction of sp³-hybridized carbons (Fsp3) is 0.0769. The van der Waals surface area contributed by atoms with E-state index in [1.54, 1.807) is 103 Å². The van der Waals surface area contributed by atoms with Crippen LogP contribution in [-0.2, 0) is 19.2 Å². The number of amides is 3. The summed E-state index contributed by atoms with van der Waals surface area (Å²) in [5, 5.41) is 36.3. The third-order valence-electron chi connectivity index (χ3n) is 10.5. The zero-order chi connectivity index (χ0) is 44.7. The molecule has 6 aromatic carbocycles. The fourth-order valence-electron chi connectivity index (χ4n) is 7.53. The summed E-state index contributed by atoms with van der Waals surface area (Å²) in [4.78, 5) is 64.5. The van der Waals surface area contributed by atoms with Crippen LogP contribution in [0.4, 0.5) is 22.7 Å². The van der Waals surface area contributed by atoms with E-state index in [4.69, 9.17) is 15.7 Å². The van der Waals surface area contributed by atoms with Crippen molar-refractivity contribution < 1.29 is 24.3 Å². The Bertz CT molecular complexity index is 2990. The van der Waals surface area contributed by atoms with Crippen LogP contribution >= 0.6 is 0 Å². The Balaban J connectivity index is 1.38. The van der Waals surface area contributed by atoms with Crippen molar-refractivity contribution in [2.75, 3.05) is 10.6 Å². The number of benzene rings is 6. The highest BCUT2D eigenvalue weighted by Crippen LogP contribution is 2.44. The van der Waals surface area contributed by atoms with Crippen molar-refractivity contribution in [3.8, 4) is 35.8 Å². The number of aliphatic carboxylic acids is 1. The molecule has 2 atom stereocenters. The third kappa shape index (κ3) is 9.04. The minimum atomic E-state index is -1.73. The predicted molar refractivity (Wildman–Crippen MR) is 241 cm³/mol. The lowest BCUT2D eigenvalue weighted by molar-refractivity contribution is -0.141. The Hall–Kier alpha value is -9.36. The molecule has 2 heterocycles. The lowest BCUT2D eigenvalue weighted by atomic mass is 9.77. The highest BCUT2D eigenvalue weighted by molar-refractivity contribution is 6.18. The van der Waals surface area contributed by atoms with Gasteiger partial charge in [-0.2, -0.15) is 10.5 Å². The predicted octanol–water partition coefficient (Wildman–Crippen LogP) is 7.59. The Morgan fingerprint density at radius 2 is 0.984 bits per heavy atom. The van der Waals surface area contributed by atoms with Crippen LogP contribution in [0.15, 0.2) is 143 Å². The first-order valence-electron chi connectivity index (χ1n) is 19.8. The van der Waals surface area contributed by atoms with Crippen molar-refractivity contribution in [2.24, 2.45) is 15.7 Å². The number of nitriles is 2. The van der Waals surface area contributed by atoms with Crippen molar-refractivity contribution in [2.45, 2.75) is 24.7 Å². The highest BCUT2D eigenvalue weighted by Gasteiger charge is 2.39. The van der Waals surface area contributed by atoms with Crippen LogP contribution in [0.1, 0.15) is 80.3 Å². The van der Waals surface area contributed by atoms with Gasteiger partial charge < -0.3 is 21.5 Å². The van der Waals surface area contributed by atoms with E-state index < -0.39 is 35.5 Å². The standard InChI is InChI=1S/C52H33N7O5/c53-29-33-13-7-15-37(21-33)41-27-47(60)58-43-23-35(19-17-31-9-3-1-4-10-31)39(25-45(43)56-41)49(51(55)62)50(52(63)64)40-26-46-44(24-36(40)20-18-32-11-5-2-6-12-32)59-48(61)28-42(57-46)38-16-8-14-34(22-38)30-54/h1-16,21-26,49-50H,27-28H2,(H2,55,62)(H,58,60)(H,59,61)(H,63,64). The zero-order valence-electron chi connectivity index (χ0n) is 33.7. The van der Waals surface area contributed by atoms with E-state index in [0.29, 0.717) is 44.8 Å². The van der Waals surface area contributed by atoms with E-state index in [1.165, 1.54) is 18.2 Å². The van der Waals surface area contributed by atoms with Gasteiger partial charge in [0.25, 0.3) is 0 Å². The van der Waals surface area contributed by atoms with Gasteiger partial charge in [0.05, 0.1) is 82.1 Å². The molecule has 0 saturated carbocycles. The summed E-state index contributed by atoms with van der Waals surface area (Å²) in [5.41, 5.74) is 11.3. The molecule has 0 radical (unpaired) electrons. The van der Waals surface area contributed by atoms with E-state index in [0.717, 1.165) is 0 Å². The molecule has 0 bridgehead atoms. The highest BCUT2D eigenvalue weighted by atomic mass is 16.4. The lowest BCUT2D eigenvalue weighted by Crippen LogP contribution is -2.32. The molecule has 306 valence electrons. The molecular formula is C52H33N7O5. The maximum absolute atomic E-state index is 14.1. The quantitative estimate of drug-likeness (QED) is 0.118. The normalized spacial score (nSPS) is 13.5. The number of nitrogens with zero attached hydrogens (tertiary/aromatic N) is 4. The summed E-state index contributed by atoms with van der Waals surface area (Å²) in [6, 6.07) is 41.5. The number of carboxylic acid groups (broad SMARTS) is 1. The average molecular weight is 836 g/mol. The molecule has 0 fully saturated rings. The molecule has 12 nitrogen and oxygen atoms in total. The number of primary amides is 1. The first-order valence-corrected chi connectivity index (χ1v) is 19.8. The molecule has 0 spiro atoms. The van der Waals surface area contributed by atoms with Crippen molar-refractivity contribution >= 4 is 57.9 Å². The summed E-state index contributed by atoms with van der Waals surface area (Å²) < 4.78 is 0. The van der Waals surface area contributed by atoms with E-state index in [-0.39, 0.29) is 57.8 Å². The Labute approximate surface area is 367 Å². The number of hydrogen-bond donors (Lipinski definition) is 4. The second-order valence-corrected chi connectivity index (χ2v) is 14.8. The second-order valence-electron chi connectivity index (χ2n) is 14.8. The number of carboxylic acids is 1. The number of anilines is 2. The molecule has 2 unspecified atom stereocenters. The van der Waals surface area contributed by atoms with Crippen LogP contribution in [0, 0.1) is 46.3 Å². The molecule has 0 saturated heterocycles. The number of carbonyl (C=O) groups excluding carboxylic acids is 3. The second kappa shape index (κ2) is 18.1. The summed E-state index contributed by atoms with van der Waals surface area (Å²) >= 11 is 0. The molecule has 12 heteroatoms. The van der Waals surface area contributed by atoms with Gasteiger partial charge in [0.1, 0.15) is 0 Å². The van der Waals surface area contributed by atoms with Gasteiger partial charge in [0.15, 0.2) is 0 Å². The van der Waals surface area contributed by atoms with E-state index in [9.17, 15) is 34.8 Å². The molecule has 6 aromatic rings. The monoisotopic (exact) mass is 835 g/mol. The van der Waals surface area contributed by atoms with Gasteiger partial charge in [0.2, 0.25) is 17.7 Å². The van der Waals surface area contributed by atoms with Crippen LogP contribution in [0.5, 0.6) is 0 Å². The number of rotatable bonds is 7. The number of aliphatic imine (C=N–C) groups is 2. The first kappa shape index (κ1) is 41.4. The van der Waals surface area contributed by atoms with Crippen molar-refractivity contribution in [3.05, 3.63) is 189 Å². The van der Waals surface area contributed by atoms with Gasteiger partial charge >= 0.3 is 5.97 Å². The summed E-state index contributed by atoms with van der Waals surface area (Å²) in [7, 11) is 0. The van der Waals surface area contributed by atoms with E-state index in [1.807, 2.05) is 12.1 Å². The summed E-state index contributed by atoms with van der Waals surface area (Å²) in [5.74, 6) is 5.75. The molecule has 0 aliphatic carbocycles. The van der Waals surface area contributed by atoms with E-state index >= 15 is 0 Å². The van der Waals surface area contributed by atoms with Crippen LogP contribution in [-0.4, -0.2) is 40.2 Å². The number of nitrogens with two attached hydrogens (primary N) is 1. The lowest BCUT2D eigenvalue weighted by Gasteiger charge is -2.26. The summed E-state index contributed by atoms with van der Waals surface area (Å²) in [6.45, 7) is 0. The Kier molecular flexibility index (Phi) is 11.7. The maximum Gasteiger partial charge on any atom is 0.312 e. The van der Waals surface area contributed by atoms with Crippen LogP contribution in [0.3, 0.4) is 0 Å². The number of hydrogen-bond acceptors (Lipinski definition) is 8. The zero-order valence-corrected chi connectivity index (χ0v) is 33.7. The fourth-order valence-corrected chi connectivity index (χ4v) is 7.53. The van der Waals surface area contributed by atoms with Gasteiger partial charge in [-0.3, -0.25) is 29.2 Å². The molecule has 5 N–H and O–H groups in total. The third-order valence-corrected chi connectivity index (χ3v) is 10.5. The van der Waals surface area contributed by atoms with Crippen molar-refractivity contribution in [1.29, 1.82) is 10.5 Å². The first-order chi connectivity index (χ1) is 31.1. The Morgan fingerprint density at radius 1 is 0.562 bits per heavy atom. The van der Waals surface area contributed by atoms with E-state index in [2.05, 4.69) is 46.5 Å². The largest absolute Gasteiger partial charge is 0.481 e. The SMILES string of the molecule is N#Cc1cccc(C2=Nc3cc(C(C(N)=O)C(C(=O)O)c4cc5c(cc4C#Cc4ccccc4)NC(=O)CC(c4cccc(C#N)c4)=N5)c(C#Cc4ccccc4)cc3NC(=O)C2)c1. The van der Waals surface area contributed by atoms with Gasteiger partial charge in [-0.05, 0) is 95.1 Å². The smallest absolute Gasteiger partial charge is 0.312 e. The van der Waals surface area contributed by atoms with Crippen molar-refractivity contribution in [3.63, 3.8) is 0 Å². The van der Waals surface area contributed by atoms with Crippen LogP contribution in [0.2, 0.25) is 0 Å². The van der Waals surface area contributed by atoms with Gasteiger partial charge in [-0.1, -0.05) is 84.3 Å². The topological polar surface area (TPSA) is 211 Å². The number of carbonyl (C=O) groups is 4. The van der Waals surface area contributed by atoms with Crippen molar-refractivity contribution in [1.82, 2.24) is 0 Å². The summed E-state index contributed by atoms with van der Waals surface area (Å²) in [6.07, 6.45) is -0.312. The van der Waals surface area contributed by atoms with Gasteiger partial charge in [-0.25, -0.2) is 0 Å².